The fourth-order valence-electron chi connectivity index (χ4n) is 1.23. The zero-order valence-electron chi connectivity index (χ0n) is 8.48. The molecule has 0 aliphatic rings. The standard InChI is InChI=1S/C10H11BrN2O2S/c11-8-3-4-9(13)10(7-8)16(14,15)6-2-1-5-12/h3-4,7H,1-2,6,13H2. The highest BCUT2D eigenvalue weighted by Gasteiger charge is 2.17. The molecule has 0 saturated heterocycles. The van der Waals surface area contributed by atoms with Crippen LogP contribution in [0.4, 0.5) is 5.69 Å². The molecule has 4 nitrogen and oxygen atoms in total. The summed E-state index contributed by atoms with van der Waals surface area (Å²) in [5.74, 6) is -0.0544. The summed E-state index contributed by atoms with van der Waals surface area (Å²) in [6.07, 6.45) is 0.553. The quantitative estimate of drug-likeness (QED) is 0.682. The number of nitrogens with two attached hydrogens (primary N) is 1. The average Bonchev–Trinajstić information content (AvgIpc) is 2.22. The van der Waals surface area contributed by atoms with Gasteiger partial charge in [-0.3, -0.25) is 0 Å². The first kappa shape index (κ1) is 13.0. The van der Waals surface area contributed by atoms with Gasteiger partial charge in [-0.05, 0) is 24.6 Å². The summed E-state index contributed by atoms with van der Waals surface area (Å²) < 4.78 is 24.4. The number of benzene rings is 1. The van der Waals surface area contributed by atoms with Crippen LogP contribution in [0.1, 0.15) is 12.8 Å². The van der Waals surface area contributed by atoms with E-state index in [9.17, 15) is 8.42 Å². The third kappa shape index (κ3) is 3.22. The first-order valence-electron chi connectivity index (χ1n) is 4.62. The summed E-state index contributed by atoms with van der Waals surface area (Å²) in [6, 6.07) is 6.62. The first-order chi connectivity index (χ1) is 7.47. The molecule has 0 spiro atoms. The van der Waals surface area contributed by atoms with E-state index in [2.05, 4.69) is 15.9 Å². The number of unbranched alkanes of at least 4 members (excludes halogenated alkanes) is 1. The van der Waals surface area contributed by atoms with Gasteiger partial charge in [-0.15, -0.1) is 0 Å². The molecule has 86 valence electrons. The molecule has 0 aliphatic carbocycles. The van der Waals surface area contributed by atoms with E-state index in [1.807, 2.05) is 6.07 Å². The van der Waals surface area contributed by atoms with E-state index in [0.29, 0.717) is 10.9 Å². The Balaban J connectivity index is 2.99. The van der Waals surface area contributed by atoms with Gasteiger partial charge in [0.15, 0.2) is 9.84 Å². The molecule has 0 aromatic heterocycles. The van der Waals surface area contributed by atoms with E-state index >= 15 is 0 Å². The van der Waals surface area contributed by atoms with Crippen LogP contribution >= 0.6 is 15.9 Å². The molecule has 0 fully saturated rings. The molecule has 2 N–H and O–H groups in total. The van der Waals surface area contributed by atoms with E-state index in [0.717, 1.165) is 0 Å². The molecule has 0 aliphatic heterocycles. The van der Waals surface area contributed by atoms with Crippen molar-refractivity contribution in [1.82, 2.24) is 0 Å². The summed E-state index contributed by atoms with van der Waals surface area (Å²) in [5.41, 5.74) is 5.85. The maximum absolute atomic E-state index is 11.9. The van der Waals surface area contributed by atoms with Gasteiger partial charge in [-0.25, -0.2) is 8.42 Å². The minimum absolute atomic E-state index is 0.0544. The fourth-order valence-corrected chi connectivity index (χ4v) is 3.22. The molecule has 0 saturated carbocycles. The second-order valence-electron chi connectivity index (χ2n) is 3.26. The highest BCUT2D eigenvalue weighted by Crippen LogP contribution is 2.24. The van der Waals surface area contributed by atoms with Crippen LogP contribution in [0.2, 0.25) is 0 Å². The molecular weight excluding hydrogens is 292 g/mol. The molecule has 1 rings (SSSR count). The number of halogens is 1. The molecule has 0 atom stereocenters. The van der Waals surface area contributed by atoms with Crippen LogP contribution < -0.4 is 5.73 Å². The van der Waals surface area contributed by atoms with Crippen molar-refractivity contribution in [3.8, 4) is 6.07 Å². The topological polar surface area (TPSA) is 84.0 Å². The zero-order valence-corrected chi connectivity index (χ0v) is 10.9. The number of sulfone groups is 1. The summed E-state index contributed by atoms with van der Waals surface area (Å²) in [5, 5.41) is 8.36. The molecule has 0 unspecified atom stereocenters. The minimum Gasteiger partial charge on any atom is -0.398 e. The lowest BCUT2D eigenvalue weighted by Crippen LogP contribution is -2.09. The Hall–Kier alpha value is -1.06. The van der Waals surface area contributed by atoms with Crippen molar-refractivity contribution in [2.45, 2.75) is 17.7 Å². The van der Waals surface area contributed by atoms with E-state index < -0.39 is 9.84 Å². The molecular formula is C10H11BrN2O2S. The second-order valence-corrected chi connectivity index (χ2v) is 6.26. The fraction of sp³-hybridized carbons (Fsp3) is 0.300. The van der Waals surface area contributed by atoms with Gasteiger partial charge in [0.25, 0.3) is 0 Å². The van der Waals surface area contributed by atoms with Crippen LogP contribution in [-0.4, -0.2) is 14.2 Å². The Morgan fingerprint density at radius 3 is 2.75 bits per heavy atom. The van der Waals surface area contributed by atoms with Crippen LogP contribution in [-0.2, 0) is 9.84 Å². The molecule has 0 amide bonds. The number of rotatable bonds is 4. The summed E-state index contributed by atoms with van der Waals surface area (Å²) >= 11 is 3.20. The SMILES string of the molecule is N#CCCCS(=O)(=O)c1cc(Br)ccc1N. The van der Waals surface area contributed by atoms with E-state index in [1.165, 1.54) is 6.07 Å². The Morgan fingerprint density at radius 1 is 1.44 bits per heavy atom. The number of nitriles is 1. The van der Waals surface area contributed by atoms with Crippen molar-refractivity contribution in [2.75, 3.05) is 11.5 Å². The normalized spacial score (nSPS) is 11.0. The number of nitrogens with zero attached hydrogens (tertiary/aromatic N) is 1. The van der Waals surface area contributed by atoms with Crippen LogP contribution in [0.5, 0.6) is 0 Å². The Bertz CT molecular complexity index is 520. The second kappa shape index (κ2) is 5.32. The lowest BCUT2D eigenvalue weighted by molar-refractivity contribution is 0.594. The van der Waals surface area contributed by atoms with E-state index in [4.69, 9.17) is 11.0 Å². The average molecular weight is 303 g/mol. The Kier molecular flexibility index (Phi) is 4.33. The third-order valence-electron chi connectivity index (χ3n) is 2.01. The van der Waals surface area contributed by atoms with Crippen LogP contribution in [0.15, 0.2) is 27.6 Å². The van der Waals surface area contributed by atoms with Gasteiger partial charge < -0.3 is 5.73 Å². The molecule has 1 aromatic carbocycles. The van der Waals surface area contributed by atoms with Gasteiger partial charge in [-0.2, -0.15) is 5.26 Å². The smallest absolute Gasteiger partial charge is 0.180 e. The highest BCUT2D eigenvalue weighted by molar-refractivity contribution is 9.10. The number of hydrogen-bond acceptors (Lipinski definition) is 4. The molecule has 0 radical (unpaired) electrons. The Morgan fingerprint density at radius 2 is 2.12 bits per heavy atom. The maximum atomic E-state index is 11.9. The lowest BCUT2D eigenvalue weighted by atomic mass is 10.3. The van der Waals surface area contributed by atoms with E-state index in [-0.39, 0.29) is 22.8 Å². The predicted molar refractivity (Wildman–Crippen MR) is 65.5 cm³/mol. The van der Waals surface area contributed by atoms with Gasteiger partial charge in [0.1, 0.15) is 0 Å². The Labute approximate surface area is 103 Å². The van der Waals surface area contributed by atoms with Crippen molar-refractivity contribution in [1.29, 1.82) is 5.26 Å². The van der Waals surface area contributed by atoms with Gasteiger partial charge in [-0.1, -0.05) is 15.9 Å². The molecule has 16 heavy (non-hydrogen) atoms. The van der Waals surface area contributed by atoms with Crippen LogP contribution in [0, 0.1) is 11.3 Å². The number of anilines is 1. The van der Waals surface area contributed by atoms with Crippen molar-refractivity contribution in [3.63, 3.8) is 0 Å². The molecule has 0 bridgehead atoms. The number of hydrogen-bond donors (Lipinski definition) is 1. The summed E-state index contributed by atoms with van der Waals surface area (Å²) in [6.45, 7) is 0. The van der Waals surface area contributed by atoms with E-state index in [1.54, 1.807) is 12.1 Å². The van der Waals surface area contributed by atoms with Gasteiger partial charge in [0.05, 0.1) is 22.4 Å². The summed E-state index contributed by atoms with van der Waals surface area (Å²) in [7, 11) is -3.39. The van der Waals surface area contributed by atoms with Crippen molar-refractivity contribution in [3.05, 3.63) is 22.7 Å². The monoisotopic (exact) mass is 302 g/mol. The van der Waals surface area contributed by atoms with Crippen LogP contribution in [0.3, 0.4) is 0 Å². The lowest BCUT2D eigenvalue weighted by Gasteiger charge is -2.06. The largest absolute Gasteiger partial charge is 0.398 e. The van der Waals surface area contributed by atoms with Gasteiger partial charge in [0.2, 0.25) is 0 Å². The highest BCUT2D eigenvalue weighted by atomic mass is 79.9. The molecule has 0 heterocycles. The summed E-state index contributed by atoms with van der Waals surface area (Å²) in [4.78, 5) is 0.125. The predicted octanol–water partition coefficient (Wildman–Crippen LogP) is 2.11. The zero-order chi connectivity index (χ0) is 12.2. The van der Waals surface area contributed by atoms with Crippen molar-refractivity contribution in [2.24, 2.45) is 0 Å². The van der Waals surface area contributed by atoms with Gasteiger partial charge in [0, 0.05) is 10.9 Å². The maximum Gasteiger partial charge on any atom is 0.180 e. The minimum atomic E-state index is -3.39. The number of nitrogen functional groups attached to an aromatic ring is 1. The van der Waals surface area contributed by atoms with Crippen molar-refractivity contribution >= 4 is 31.5 Å². The molecule has 1 aromatic rings. The van der Waals surface area contributed by atoms with Crippen LogP contribution in [0.25, 0.3) is 0 Å². The first-order valence-corrected chi connectivity index (χ1v) is 7.06. The third-order valence-corrected chi connectivity index (χ3v) is 4.36. The van der Waals surface area contributed by atoms with Gasteiger partial charge >= 0.3 is 0 Å². The molecule has 6 heteroatoms. The van der Waals surface area contributed by atoms with Crippen molar-refractivity contribution < 1.29 is 8.42 Å².